The molecule has 0 spiro atoms. The van der Waals surface area contributed by atoms with Crippen LogP contribution in [0.1, 0.15) is 24.3 Å². The van der Waals surface area contributed by atoms with E-state index in [2.05, 4.69) is 10.6 Å². The number of nitrogens with one attached hydrogen (secondary N) is 2. The molecule has 3 aromatic carbocycles. The maximum absolute atomic E-state index is 13.7. The predicted molar refractivity (Wildman–Crippen MR) is 145 cm³/mol. The highest BCUT2D eigenvalue weighted by molar-refractivity contribution is 6.06. The number of furan rings is 1. The highest BCUT2D eigenvalue weighted by Gasteiger charge is 2.36. The number of rotatable bonds is 5. The van der Waals surface area contributed by atoms with Crippen LogP contribution in [-0.2, 0) is 4.79 Å². The van der Waals surface area contributed by atoms with Gasteiger partial charge in [-0.15, -0.1) is 0 Å². The smallest absolute Gasteiger partial charge is 0.273 e. The van der Waals surface area contributed by atoms with Gasteiger partial charge in [0.05, 0.1) is 21.5 Å². The van der Waals surface area contributed by atoms with E-state index in [0.29, 0.717) is 45.6 Å². The number of aromatic nitrogens is 2. The molecule has 1 atom stereocenters. The third-order valence-electron chi connectivity index (χ3n) is 6.77. The fraction of sp³-hybridized carbons (Fsp3) is 0.103. The van der Waals surface area contributed by atoms with Crippen molar-refractivity contribution >= 4 is 34.3 Å². The number of imidazole rings is 1. The summed E-state index contributed by atoms with van der Waals surface area (Å²) in [6.07, 6.45) is 0. The molecule has 0 bridgehead atoms. The van der Waals surface area contributed by atoms with Gasteiger partial charge >= 0.3 is 0 Å². The molecule has 0 saturated carbocycles. The first-order chi connectivity index (χ1) is 18.4. The van der Waals surface area contributed by atoms with Crippen LogP contribution in [0.4, 0.5) is 17.3 Å². The fourth-order valence-electron chi connectivity index (χ4n) is 4.98. The molecule has 9 heteroatoms. The summed E-state index contributed by atoms with van der Waals surface area (Å²) >= 11 is 0. The number of amides is 1. The van der Waals surface area contributed by atoms with E-state index in [9.17, 15) is 14.9 Å². The minimum atomic E-state index is -0.630. The van der Waals surface area contributed by atoms with E-state index in [1.807, 2.05) is 72.2 Å². The molecule has 0 aliphatic carbocycles. The van der Waals surface area contributed by atoms with Gasteiger partial charge in [-0.05, 0) is 50.2 Å². The van der Waals surface area contributed by atoms with E-state index >= 15 is 0 Å². The highest BCUT2D eigenvalue weighted by Crippen LogP contribution is 2.41. The summed E-state index contributed by atoms with van der Waals surface area (Å²) in [4.78, 5) is 29.6. The predicted octanol–water partition coefficient (Wildman–Crippen LogP) is 6.44. The Morgan fingerprint density at radius 1 is 1.00 bits per heavy atom. The monoisotopic (exact) mass is 505 g/mol. The number of allylic oxidation sites excluding steroid dienone is 1. The van der Waals surface area contributed by atoms with Crippen molar-refractivity contribution in [1.82, 2.24) is 9.55 Å². The Morgan fingerprint density at radius 3 is 2.55 bits per heavy atom. The summed E-state index contributed by atoms with van der Waals surface area (Å²) in [7, 11) is 0. The number of anilines is 2. The first-order valence-corrected chi connectivity index (χ1v) is 12.1. The van der Waals surface area contributed by atoms with Crippen molar-refractivity contribution in [3.8, 4) is 11.3 Å². The summed E-state index contributed by atoms with van der Waals surface area (Å²) in [5.74, 6) is 1.30. The maximum Gasteiger partial charge on any atom is 0.273 e. The van der Waals surface area contributed by atoms with Gasteiger partial charge in [-0.1, -0.05) is 42.5 Å². The average Bonchev–Trinajstić information content (AvgIpc) is 3.53. The molecule has 1 amide bonds. The van der Waals surface area contributed by atoms with Gasteiger partial charge in [0.2, 0.25) is 5.95 Å². The van der Waals surface area contributed by atoms with Crippen molar-refractivity contribution in [3.63, 3.8) is 0 Å². The van der Waals surface area contributed by atoms with Gasteiger partial charge in [0.1, 0.15) is 17.6 Å². The number of fused-ring (bicyclic) bond motifs is 3. The van der Waals surface area contributed by atoms with Crippen molar-refractivity contribution in [2.75, 3.05) is 10.6 Å². The SMILES string of the molecule is CC1=C(C(=O)Nc2ccccc2)[C@H](c2ccc(-c3cccc([N+](=O)[O-])c3C)o2)n2c(nc3ccccc32)N1. The second-order valence-electron chi connectivity index (χ2n) is 9.09. The molecule has 1 aliphatic rings. The summed E-state index contributed by atoms with van der Waals surface area (Å²) in [5.41, 5.74) is 4.55. The fourth-order valence-corrected chi connectivity index (χ4v) is 4.98. The lowest BCUT2D eigenvalue weighted by atomic mass is 9.99. The first kappa shape index (κ1) is 23.2. The topological polar surface area (TPSA) is 115 Å². The molecule has 0 radical (unpaired) electrons. The van der Waals surface area contributed by atoms with Crippen LogP contribution in [0.15, 0.2) is 101 Å². The average molecular weight is 506 g/mol. The molecule has 5 aromatic rings. The van der Waals surface area contributed by atoms with Crippen molar-refractivity contribution in [1.29, 1.82) is 0 Å². The van der Waals surface area contributed by atoms with E-state index in [0.717, 1.165) is 11.0 Å². The Balaban J connectivity index is 1.50. The number of benzene rings is 3. The Kier molecular flexibility index (Phi) is 5.53. The largest absolute Gasteiger partial charge is 0.458 e. The van der Waals surface area contributed by atoms with Gasteiger partial charge in [-0.2, -0.15) is 0 Å². The molecule has 188 valence electrons. The number of para-hydroxylation sites is 3. The van der Waals surface area contributed by atoms with Crippen LogP contribution < -0.4 is 10.6 Å². The van der Waals surface area contributed by atoms with Crippen LogP contribution in [0.25, 0.3) is 22.4 Å². The van der Waals surface area contributed by atoms with Crippen molar-refractivity contribution in [2.45, 2.75) is 19.9 Å². The molecule has 9 nitrogen and oxygen atoms in total. The third-order valence-corrected chi connectivity index (χ3v) is 6.77. The zero-order valence-corrected chi connectivity index (χ0v) is 20.6. The van der Waals surface area contributed by atoms with Crippen LogP contribution in [0.2, 0.25) is 0 Å². The molecule has 2 N–H and O–H groups in total. The molecule has 2 aromatic heterocycles. The number of carbonyl (C=O) groups is 1. The lowest BCUT2D eigenvalue weighted by molar-refractivity contribution is -0.385. The van der Waals surface area contributed by atoms with Gasteiger partial charge in [-0.25, -0.2) is 4.98 Å². The summed E-state index contributed by atoms with van der Waals surface area (Å²) in [6.45, 7) is 3.54. The number of nitro groups is 1. The second-order valence-corrected chi connectivity index (χ2v) is 9.09. The summed E-state index contributed by atoms with van der Waals surface area (Å²) in [5, 5.41) is 17.8. The molecular weight excluding hydrogens is 482 g/mol. The lowest BCUT2D eigenvalue weighted by Gasteiger charge is -2.29. The first-order valence-electron chi connectivity index (χ1n) is 12.1. The standard InChI is InChI=1S/C29H23N5O4/c1-17-20(11-8-14-22(17)34(36)37)24-15-16-25(38-24)27-26(28(35)31-19-9-4-3-5-10-19)18(2)30-29-32-21-12-6-7-13-23(21)33(27)29/h3-16,27H,1-2H3,(H,30,32)(H,31,35)/t27-/m0/s1. The van der Waals surface area contributed by atoms with Crippen molar-refractivity contribution < 1.29 is 14.1 Å². The molecule has 0 saturated heterocycles. The minimum Gasteiger partial charge on any atom is -0.458 e. The Bertz CT molecular complexity index is 1750. The quantitative estimate of drug-likeness (QED) is 0.210. The van der Waals surface area contributed by atoms with Crippen LogP contribution in [-0.4, -0.2) is 20.4 Å². The summed E-state index contributed by atoms with van der Waals surface area (Å²) in [6, 6.07) is 24.8. The van der Waals surface area contributed by atoms with E-state index in [1.165, 1.54) is 6.07 Å². The molecular formula is C29H23N5O4. The van der Waals surface area contributed by atoms with E-state index in [-0.39, 0.29) is 11.6 Å². The Hall–Kier alpha value is -5.18. The Morgan fingerprint density at radius 2 is 1.76 bits per heavy atom. The van der Waals surface area contributed by atoms with Crippen LogP contribution in [0, 0.1) is 17.0 Å². The van der Waals surface area contributed by atoms with Crippen LogP contribution in [0.5, 0.6) is 0 Å². The normalized spacial score (nSPS) is 14.7. The third kappa shape index (κ3) is 3.81. The van der Waals surface area contributed by atoms with Gasteiger partial charge < -0.3 is 15.1 Å². The Labute approximate surface area is 217 Å². The van der Waals surface area contributed by atoms with Crippen LogP contribution in [0.3, 0.4) is 0 Å². The molecule has 6 rings (SSSR count). The van der Waals surface area contributed by atoms with Gasteiger partial charge in [-0.3, -0.25) is 19.5 Å². The van der Waals surface area contributed by atoms with E-state index in [4.69, 9.17) is 9.40 Å². The van der Waals surface area contributed by atoms with Gasteiger partial charge in [0, 0.05) is 28.6 Å². The molecule has 0 fully saturated rings. The number of nitrogens with zero attached hydrogens (tertiary/aromatic N) is 3. The minimum absolute atomic E-state index is 0.0175. The number of hydrogen-bond donors (Lipinski definition) is 2. The van der Waals surface area contributed by atoms with E-state index in [1.54, 1.807) is 25.1 Å². The number of carbonyl (C=O) groups excluding carboxylic acids is 1. The number of nitro benzene ring substituents is 1. The molecule has 1 aliphatic heterocycles. The van der Waals surface area contributed by atoms with Crippen molar-refractivity contribution in [3.05, 3.63) is 118 Å². The molecule has 38 heavy (non-hydrogen) atoms. The van der Waals surface area contributed by atoms with Crippen molar-refractivity contribution in [2.24, 2.45) is 0 Å². The maximum atomic E-state index is 13.7. The summed E-state index contributed by atoms with van der Waals surface area (Å²) < 4.78 is 8.32. The lowest BCUT2D eigenvalue weighted by Crippen LogP contribution is -2.30. The zero-order valence-electron chi connectivity index (χ0n) is 20.6. The van der Waals surface area contributed by atoms with Crippen LogP contribution >= 0.6 is 0 Å². The zero-order chi connectivity index (χ0) is 26.4. The molecule has 0 unspecified atom stereocenters. The second kappa shape index (κ2) is 9.04. The van der Waals surface area contributed by atoms with E-state index < -0.39 is 11.0 Å². The van der Waals surface area contributed by atoms with Gasteiger partial charge in [0.15, 0.2) is 0 Å². The molecule has 3 heterocycles. The highest BCUT2D eigenvalue weighted by atomic mass is 16.6. The number of hydrogen-bond acceptors (Lipinski definition) is 6. The van der Waals surface area contributed by atoms with Gasteiger partial charge in [0.25, 0.3) is 11.6 Å².